The van der Waals surface area contributed by atoms with Gasteiger partial charge in [0.1, 0.15) is 0 Å². The SMILES string of the molecule is CC(C)C(C)(O)C1(CN)CCC(C(C)(C)C)CC1. The molecule has 1 rings (SSSR count). The standard InChI is InChI=1S/C16H33NO/c1-12(2)15(6,18)16(11-17)9-7-13(8-10-16)14(3,4)5/h12-13,18H,7-11,17H2,1-6H3. The molecule has 0 aromatic rings. The fraction of sp³-hybridized carbons (Fsp3) is 1.00. The second-order valence-corrected chi connectivity index (χ2v) is 7.93. The molecule has 2 heteroatoms. The van der Waals surface area contributed by atoms with Crippen LogP contribution in [0.25, 0.3) is 0 Å². The fourth-order valence-electron chi connectivity index (χ4n) is 3.57. The lowest BCUT2D eigenvalue weighted by Crippen LogP contribution is -2.56. The highest BCUT2D eigenvalue weighted by atomic mass is 16.3. The Kier molecular flexibility index (Phi) is 4.55. The molecule has 1 fully saturated rings. The Balaban J connectivity index is 2.84. The number of rotatable bonds is 3. The minimum Gasteiger partial charge on any atom is -0.389 e. The molecule has 0 saturated heterocycles. The zero-order valence-corrected chi connectivity index (χ0v) is 13.2. The van der Waals surface area contributed by atoms with Crippen LogP contribution in [0.4, 0.5) is 0 Å². The van der Waals surface area contributed by atoms with Gasteiger partial charge in [0.05, 0.1) is 5.60 Å². The number of nitrogens with two attached hydrogens (primary N) is 1. The Hall–Kier alpha value is -0.0800. The molecule has 108 valence electrons. The van der Waals surface area contributed by atoms with Crippen molar-refractivity contribution >= 4 is 0 Å². The van der Waals surface area contributed by atoms with Crippen LogP contribution in [0.15, 0.2) is 0 Å². The average Bonchev–Trinajstić information content (AvgIpc) is 2.27. The van der Waals surface area contributed by atoms with E-state index in [0.717, 1.165) is 18.8 Å². The van der Waals surface area contributed by atoms with E-state index in [2.05, 4.69) is 34.6 Å². The molecule has 0 amide bonds. The molecule has 1 unspecified atom stereocenters. The van der Waals surface area contributed by atoms with Crippen molar-refractivity contribution in [2.45, 2.75) is 72.8 Å². The number of hydrogen-bond donors (Lipinski definition) is 2. The minimum atomic E-state index is -0.648. The van der Waals surface area contributed by atoms with Crippen LogP contribution >= 0.6 is 0 Å². The Labute approximate surface area is 113 Å². The lowest BCUT2D eigenvalue weighted by atomic mass is 9.56. The summed E-state index contributed by atoms with van der Waals surface area (Å²) in [7, 11) is 0. The fourth-order valence-corrected chi connectivity index (χ4v) is 3.57. The largest absolute Gasteiger partial charge is 0.389 e. The van der Waals surface area contributed by atoms with Gasteiger partial charge in [0.25, 0.3) is 0 Å². The molecular formula is C16H33NO. The van der Waals surface area contributed by atoms with Crippen LogP contribution in [0.5, 0.6) is 0 Å². The van der Waals surface area contributed by atoms with E-state index in [4.69, 9.17) is 5.73 Å². The Morgan fingerprint density at radius 1 is 1.17 bits per heavy atom. The van der Waals surface area contributed by atoms with Crippen molar-refractivity contribution in [1.29, 1.82) is 0 Å². The van der Waals surface area contributed by atoms with Gasteiger partial charge in [-0.3, -0.25) is 0 Å². The Bertz CT molecular complexity index is 267. The van der Waals surface area contributed by atoms with Crippen molar-refractivity contribution in [2.24, 2.45) is 28.4 Å². The van der Waals surface area contributed by atoms with E-state index in [1.807, 2.05) is 6.92 Å². The van der Waals surface area contributed by atoms with Gasteiger partial charge in [-0.05, 0) is 49.9 Å². The van der Waals surface area contributed by atoms with Crippen LogP contribution in [-0.4, -0.2) is 17.3 Å². The summed E-state index contributed by atoms with van der Waals surface area (Å²) in [6, 6.07) is 0. The third-order valence-corrected chi connectivity index (χ3v) is 5.76. The summed E-state index contributed by atoms with van der Waals surface area (Å²) in [6.07, 6.45) is 4.53. The molecule has 0 bridgehead atoms. The van der Waals surface area contributed by atoms with Crippen LogP contribution in [0, 0.1) is 22.7 Å². The van der Waals surface area contributed by atoms with E-state index in [1.54, 1.807) is 0 Å². The predicted octanol–water partition coefficient (Wildman–Crippen LogP) is 3.57. The lowest BCUT2D eigenvalue weighted by Gasteiger charge is -2.52. The van der Waals surface area contributed by atoms with E-state index in [1.165, 1.54) is 12.8 Å². The monoisotopic (exact) mass is 255 g/mol. The van der Waals surface area contributed by atoms with Gasteiger partial charge in [-0.15, -0.1) is 0 Å². The van der Waals surface area contributed by atoms with Gasteiger partial charge in [0.15, 0.2) is 0 Å². The molecule has 0 aromatic carbocycles. The third kappa shape index (κ3) is 2.75. The smallest absolute Gasteiger partial charge is 0.0710 e. The predicted molar refractivity (Wildman–Crippen MR) is 78.4 cm³/mol. The van der Waals surface area contributed by atoms with E-state index < -0.39 is 5.60 Å². The minimum absolute atomic E-state index is 0.0804. The summed E-state index contributed by atoms with van der Waals surface area (Å²) in [5, 5.41) is 10.9. The van der Waals surface area contributed by atoms with E-state index >= 15 is 0 Å². The van der Waals surface area contributed by atoms with Gasteiger partial charge < -0.3 is 10.8 Å². The van der Waals surface area contributed by atoms with Crippen molar-refractivity contribution in [2.75, 3.05) is 6.54 Å². The van der Waals surface area contributed by atoms with Crippen molar-refractivity contribution < 1.29 is 5.11 Å². The van der Waals surface area contributed by atoms with Gasteiger partial charge in [0.2, 0.25) is 0 Å². The summed E-state index contributed by atoms with van der Waals surface area (Å²) in [6.45, 7) is 13.8. The number of aliphatic hydroxyl groups is 1. The molecule has 3 N–H and O–H groups in total. The first-order valence-electron chi connectivity index (χ1n) is 7.49. The van der Waals surface area contributed by atoms with E-state index in [0.29, 0.717) is 12.0 Å². The second kappa shape index (κ2) is 5.13. The van der Waals surface area contributed by atoms with Crippen LogP contribution in [0.2, 0.25) is 0 Å². The van der Waals surface area contributed by atoms with Gasteiger partial charge in [-0.2, -0.15) is 0 Å². The molecule has 0 radical (unpaired) electrons. The maximum Gasteiger partial charge on any atom is 0.0710 e. The summed E-state index contributed by atoms with van der Waals surface area (Å²) in [5.74, 6) is 1.02. The molecule has 0 aliphatic heterocycles. The first-order chi connectivity index (χ1) is 8.07. The first-order valence-corrected chi connectivity index (χ1v) is 7.49. The molecule has 1 saturated carbocycles. The second-order valence-electron chi connectivity index (χ2n) is 7.93. The summed E-state index contributed by atoms with van der Waals surface area (Å²) >= 11 is 0. The average molecular weight is 255 g/mol. The normalized spacial score (nSPS) is 33.5. The van der Waals surface area contributed by atoms with E-state index in [9.17, 15) is 5.11 Å². The Morgan fingerprint density at radius 3 is 1.89 bits per heavy atom. The van der Waals surface area contributed by atoms with Crippen molar-refractivity contribution in [3.05, 3.63) is 0 Å². The van der Waals surface area contributed by atoms with Gasteiger partial charge in [-0.25, -0.2) is 0 Å². The van der Waals surface area contributed by atoms with Crippen molar-refractivity contribution in [3.63, 3.8) is 0 Å². The highest BCUT2D eigenvalue weighted by Gasteiger charge is 2.50. The first kappa shape index (κ1) is 16.0. The molecule has 1 aliphatic rings. The van der Waals surface area contributed by atoms with Gasteiger partial charge in [-0.1, -0.05) is 34.6 Å². The highest BCUT2D eigenvalue weighted by Crippen LogP contribution is 2.51. The quantitative estimate of drug-likeness (QED) is 0.810. The van der Waals surface area contributed by atoms with Crippen LogP contribution in [0.3, 0.4) is 0 Å². The molecule has 0 spiro atoms. The molecule has 18 heavy (non-hydrogen) atoms. The van der Waals surface area contributed by atoms with E-state index in [-0.39, 0.29) is 11.3 Å². The molecule has 1 aliphatic carbocycles. The van der Waals surface area contributed by atoms with Crippen LogP contribution in [-0.2, 0) is 0 Å². The third-order valence-electron chi connectivity index (χ3n) is 5.76. The lowest BCUT2D eigenvalue weighted by molar-refractivity contribution is -0.126. The molecule has 1 atom stereocenters. The molecule has 2 nitrogen and oxygen atoms in total. The summed E-state index contributed by atoms with van der Waals surface area (Å²) in [5.41, 5.74) is 5.71. The zero-order valence-electron chi connectivity index (χ0n) is 13.2. The summed E-state index contributed by atoms with van der Waals surface area (Å²) in [4.78, 5) is 0. The van der Waals surface area contributed by atoms with Crippen LogP contribution < -0.4 is 5.73 Å². The zero-order chi connectivity index (χ0) is 14.2. The van der Waals surface area contributed by atoms with Gasteiger partial charge >= 0.3 is 0 Å². The van der Waals surface area contributed by atoms with Crippen LogP contribution in [0.1, 0.15) is 67.2 Å². The summed E-state index contributed by atoms with van der Waals surface area (Å²) < 4.78 is 0. The van der Waals surface area contributed by atoms with Gasteiger partial charge in [0, 0.05) is 12.0 Å². The maximum absolute atomic E-state index is 10.9. The maximum atomic E-state index is 10.9. The Morgan fingerprint density at radius 2 is 1.61 bits per heavy atom. The highest BCUT2D eigenvalue weighted by molar-refractivity contribution is 5.02. The molecule has 0 aromatic heterocycles. The molecular weight excluding hydrogens is 222 g/mol. The van der Waals surface area contributed by atoms with Crippen molar-refractivity contribution in [3.8, 4) is 0 Å². The topological polar surface area (TPSA) is 46.2 Å². The van der Waals surface area contributed by atoms with Crippen molar-refractivity contribution in [1.82, 2.24) is 0 Å². The number of hydrogen-bond acceptors (Lipinski definition) is 2. The molecule has 0 heterocycles.